The first-order valence-corrected chi connectivity index (χ1v) is 10.2. The van der Waals surface area contributed by atoms with Gasteiger partial charge in [-0.2, -0.15) is 5.10 Å². The highest BCUT2D eigenvalue weighted by molar-refractivity contribution is 7.80. The predicted octanol–water partition coefficient (Wildman–Crippen LogP) is 2.07. The number of hydrogen-bond donors (Lipinski definition) is 1. The van der Waals surface area contributed by atoms with E-state index < -0.39 is 0 Å². The maximum absolute atomic E-state index is 5.49. The summed E-state index contributed by atoms with van der Waals surface area (Å²) in [6, 6.07) is 9.45. The first kappa shape index (κ1) is 20.7. The molecule has 0 unspecified atom stereocenters. The van der Waals surface area contributed by atoms with E-state index in [1.54, 1.807) is 33.0 Å². The summed E-state index contributed by atoms with van der Waals surface area (Å²) in [4.78, 5) is 17.4. The highest BCUT2D eigenvalue weighted by Crippen LogP contribution is 2.34. The summed E-state index contributed by atoms with van der Waals surface area (Å²) < 4.78 is 10.8. The lowest BCUT2D eigenvalue weighted by atomic mass is 10.2. The van der Waals surface area contributed by atoms with E-state index in [9.17, 15) is 0 Å². The number of aromatic nitrogens is 3. The molecule has 1 fully saturated rings. The molecule has 0 amide bonds. The number of benzene rings is 1. The van der Waals surface area contributed by atoms with Gasteiger partial charge in [-0.3, -0.25) is 10.4 Å². The van der Waals surface area contributed by atoms with Gasteiger partial charge in [0.05, 0.1) is 31.6 Å². The van der Waals surface area contributed by atoms with E-state index in [0.717, 1.165) is 48.6 Å². The topological polar surface area (TPSA) is 88.0 Å². The number of nitrogens with one attached hydrogen (secondary N) is 1. The molecule has 1 aliphatic heterocycles. The van der Waals surface area contributed by atoms with E-state index in [1.165, 1.54) is 0 Å². The van der Waals surface area contributed by atoms with E-state index >= 15 is 0 Å². The average molecular weight is 438 g/mol. The van der Waals surface area contributed by atoms with Crippen LogP contribution >= 0.6 is 12.2 Å². The SMILES string of the molecule is COc1cc2ncnc(N3CCN(C(=S)NN=Cc4ccccn4)CC3)c2cc1OC. The molecule has 1 aromatic carbocycles. The minimum atomic E-state index is 0.589. The van der Waals surface area contributed by atoms with Crippen molar-refractivity contribution in [3.63, 3.8) is 0 Å². The van der Waals surface area contributed by atoms with Gasteiger partial charge in [-0.25, -0.2) is 9.97 Å². The molecule has 9 nitrogen and oxygen atoms in total. The van der Waals surface area contributed by atoms with E-state index in [-0.39, 0.29) is 0 Å². The highest BCUT2D eigenvalue weighted by atomic mass is 32.1. The van der Waals surface area contributed by atoms with E-state index in [1.807, 2.05) is 30.3 Å². The van der Waals surface area contributed by atoms with Crippen molar-refractivity contribution in [3.05, 3.63) is 48.5 Å². The molecular weight excluding hydrogens is 414 g/mol. The molecule has 2 aromatic heterocycles. The molecule has 3 heterocycles. The summed E-state index contributed by atoms with van der Waals surface area (Å²) in [5.41, 5.74) is 4.51. The Labute approximate surface area is 185 Å². The van der Waals surface area contributed by atoms with Crippen LogP contribution < -0.4 is 19.8 Å². The second-order valence-corrected chi connectivity index (χ2v) is 7.21. The second-order valence-electron chi connectivity index (χ2n) is 6.83. The van der Waals surface area contributed by atoms with Crippen LogP contribution in [0.25, 0.3) is 10.9 Å². The molecule has 0 atom stereocenters. The van der Waals surface area contributed by atoms with Crippen LogP contribution in [-0.2, 0) is 0 Å². The van der Waals surface area contributed by atoms with Gasteiger partial charge in [0.1, 0.15) is 12.1 Å². The fourth-order valence-corrected chi connectivity index (χ4v) is 3.65. The predicted molar refractivity (Wildman–Crippen MR) is 124 cm³/mol. The monoisotopic (exact) mass is 437 g/mol. The number of thiocarbonyl (C=S) groups is 1. The molecule has 0 saturated carbocycles. The quantitative estimate of drug-likeness (QED) is 0.366. The second kappa shape index (κ2) is 9.52. The molecule has 0 aliphatic carbocycles. The van der Waals surface area contributed by atoms with Crippen molar-refractivity contribution in [2.75, 3.05) is 45.3 Å². The molecule has 1 N–H and O–H groups in total. The Kier molecular flexibility index (Phi) is 6.37. The van der Waals surface area contributed by atoms with Gasteiger partial charge >= 0.3 is 0 Å². The first-order chi connectivity index (χ1) is 15.2. The summed E-state index contributed by atoms with van der Waals surface area (Å²) in [7, 11) is 3.23. The zero-order chi connectivity index (χ0) is 21.6. The van der Waals surface area contributed by atoms with Gasteiger partial charge in [-0.05, 0) is 30.4 Å². The lowest BCUT2D eigenvalue weighted by molar-refractivity contribution is 0.355. The molecule has 10 heteroatoms. The largest absolute Gasteiger partial charge is 0.493 e. The van der Waals surface area contributed by atoms with Gasteiger partial charge in [0, 0.05) is 43.8 Å². The van der Waals surface area contributed by atoms with Crippen molar-refractivity contribution in [3.8, 4) is 11.5 Å². The molecule has 0 bridgehead atoms. The van der Waals surface area contributed by atoms with E-state index in [2.05, 4.69) is 35.3 Å². The minimum Gasteiger partial charge on any atom is -0.493 e. The third-order valence-corrected chi connectivity index (χ3v) is 5.38. The molecular formula is C21H23N7O2S. The number of pyridine rings is 1. The Hall–Kier alpha value is -3.53. The van der Waals surface area contributed by atoms with Gasteiger partial charge in [0.25, 0.3) is 0 Å². The smallest absolute Gasteiger partial charge is 0.189 e. The van der Waals surface area contributed by atoms with E-state index in [4.69, 9.17) is 21.7 Å². The number of nitrogens with zero attached hydrogens (tertiary/aromatic N) is 6. The summed E-state index contributed by atoms with van der Waals surface area (Å²) in [6.45, 7) is 3.05. The number of ether oxygens (including phenoxy) is 2. The third kappa shape index (κ3) is 4.64. The molecule has 0 spiro atoms. The molecule has 1 saturated heterocycles. The highest BCUT2D eigenvalue weighted by Gasteiger charge is 2.22. The number of piperazine rings is 1. The van der Waals surface area contributed by atoms with E-state index in [0.29, 0.717) is 16.6 Å². The summed E-state index contributed by atoms with van der Waals surface area (Å²) in [5, 5.41) is 5.70. The van der Waals surface area contributed by atoms with Crippen LogP contribution in [-0.4, -0.2) is 71.6 Å². The molecule has 3 aromatic rings. The summed E-state index contributed by atoms with van der Waals surface area (Å²) in [6.07, 6.45) is 4.95. The van der Waals surface area contributed by atoms with Crippen molar-refractivity contribution in [2.24, 2.45) is 5.10 Å². The maximum Gasteiger partial charge on any atom is 0.189 e. The number of anilines is 1. The Bertz CT molecular complexity index is 1090. The number of hydrogen-bond acceptors (Lipinski definition) is 8. The van der Waals surface area contributed by atoms with Crippen LogP contribution in [0, 0.1) is 0 Å². The van der Waals surface area contributed by atoms with Crippen molar-refractivity contribution in [1.82, 2.24) is 25.3 Å². The van der Waals surface area contributed by atoms with Crippen molar-refractivity contribution in [2.45, 2.75) is 0 Å². The zero-order valence-corrected chi connectivity index (χ0v) is 18.2. The lowest BCUT2D eigenvalue weighted by Gasteiger charge is -2.36. The number of hydrazone groups is 1. The van der Waals surface area contributed by atoms with Crippen LogP contribution in [0.4, 0.5) is 5.82 Å². The van der Waals surface area contributed by atoms with Crippen LogP contribution in [0.5, 0.6) is 11.5 Å². The minimum absolute atomic E-state index is 0.589. The number of methoxy groups -OCH3 is 2. The molecule has 1 aliphatic rings. The maximum atomic E-state index is 5.49. The molecule has 31 heavy (non-hydrogen) atoms. The summed E-state index contributed by atoms with van der Waals surface area (Å²) in [5.74, 6) is 2.17. The zero-order valence-electron chi connectivity index (χ0n) is 17.4. The Morgan fingerprint density at radius 2 is 1.84 bits per heavy atom. The van der Waals surface area contributed by atoms with Crippen molar-refractivity contribution < 1.29 is 9.47 Å². The summed E-state index contributed by atoms with van der Waals surface area (Å²) >= 11 is 5.49. The van der Waals surface area contributed by atoms with Gasteiger partial charge in [0.2, 0.25) is 0 Å². The third-order valence-electron chi connectivity index (χ3n) is 5.03. The van der Waals surface area contributed by atoms with Crippen LogP contribution in [0.1, 0.15) is 5.69 Å². The van der Waals surface area contributed by atoms with Crippen LogP contribution in [0.2, 0.25) is 0 Å². The Morgan fingerprint density at radius 3 is 2.55 bits per heavy atom. The van der Waals surface area contributed by atoms with Crippen molar-refractivity contribution >= 4 is 40.3 Å². The fraction of sp³-hybridized carbons (Fsp3) is 0.286. The van der Waals surface area contributed by atoms with Crippen LogP contribution in [0.15, 0.2) is 48.0 Å². The van der Waals surface area contributed by atoms with Crippen LogP contribution in [0.3, 0.4) is 0 Å². The number of rotatable bonds is 5. The molecule has 0 radical (unpaired) electrons. The van der Waals surface area contributed by atoms with Gasteiger partial charge < -0.3 is 19.3 Å². The first-order valence-electron chi connectivity index (χ1n) is 9.80. The average Bonchev–Trinajstić information content (AvgIpc) is 2.83. The van der Waals surface area contributed by atoms with Crippen molar-refractivity contribution in [1.29, 1.82) is 0 Å². The van der Waals surface area contributed by atoms with Gasteiger partial charge in [-0.15, -0.1) is 0 Å². The normalized spacial score (nSPS) is 14.1. The standard InChI is InChI=1S/C21H23N7O2S/c1-29-18-11-16-17(12-19(18)30-2)23-14-24-20(16)27-7-9-28(10-8-27)21(31)26-25-13-15-5-3-4-6-22-15/h3-6,11-14H,7-10H2,1-2H3,(H,26,31). The number of fused-ring (bicyclic) bond motifs is 1. The Morgan fingerprint density at radius 1 is 1.06 bits per heavy atom. The fourth-order valence-electron chi connectivity index (χ4n) is 3.42. The Balaban J connectivity index is 1.42. The lowest BCUT2D eigenvalue weighted by Crippen LogP contribution is -2.51. The van der Waals surface area contributed by atoms with Gasteiger partial charge in [0.15, 0.2) is 16.6 Å². The molecule has 4 rings (SSSR count). The molecule has 160 valence electrons. The van der Waals surface area contributed by atoms with Gasteiger partial charge in [-0.1, -0.05) is 6.07 Å².